The van der Waals surface area contributed by atoms with Crippen LogP contribution in [0.25, 0.3) is 10.8 Å². The highest BCUT2D eigenvalue weighted by atomic mass is 35.5. The van der Waals surface area contributed by atoms with E-state index in [1.165, 1.54) is 6.07 Å². The number of H-pyrrole nitrogens is 1. The van der Waals surface area contributed by atoms with Gasteiger partial charge in [-0.3, -0.25) is 14.4 Å². The molecule has 3 aliphatic rings. The minimum Gasteiger partial charge on any atom is -0.374 e. The first-order valence-corrected chi connectivity index (χ1v) is 13.4. The van der Waals surface area contributed by atoms with Gasteiger partial charge in [0, 0.05) is 41.8 Å². The number of hydrogen-bond acceptors (Lipinski definition) is 5. The summed E-state index contributed by atoms with van der Waals surface area (Å²) < 4.78 is 14.9. The Morgan fingerprint density at radius 3 is 2.76 bits per heavy atom. The number of amides is 2. The summed E-state index contributed by atoms with van der Waals surface area (Å²) >= 11 is 12.6. The molecule has 2 aliphatic heterocycles. The molecule has 38 heavy (non-hydrogen) atoms. The monoisotopic (exact) mass is 557 g/mol. The van der Waals surface area contributed by atoms with Gasteiger partial charge in [-0.2, -0.15) is 0 Å². The molecule has 6 rings (SSSR count). The summed E-state index contributed by atoms with van der Waals surface area (Å²) in [7, 11) is 0. The van der Waals surface area contributed by atoms with E-state index in [1.54, 1.807) is 21.9 Å². The molecular formula is C27H26Cl2FN5O3. The van der Waals surface area contributed by atoms with Crippen LogP contribution in [0.1, 0.15) is 41.0 Å². The van der Waals surface area contributed by atoms with Crippen molar-refractivity contribution in [2.45, 2.75) is 37.9 Å². The van der Waals surface area contributed by atoms with Crippen molar-refractivity contribution >= 4 is 51.5 Å². The molecule has 1 saturated heterocycles. The Morgan fingerprint density at radius 2 is 1.95 bits per heavy atom. The van der Waals surface area contributed by atoms with E-state index in [-0.39, 0.29) is 47.2 Å². The molecule has 8 nitrogen and oxygen atoms in total. The van der Waals surface area contributed by atoms with Gasteiger partial charge >= 0.3 is 0 Å². The fraction of sp³-hybridized carbons (Fsp3) is 0.370. The van der Waals surface area contributed by atoms with Crippen LogP contribution in [0.15, 0.2) is 35.1 Å². The molecule has 3 atom stereocenters. The average molecular weight is 558 g/mol. The number of anilines is 1. The number of rotatable bonds is 4. The molecule has 2 amide bonds. The van der Waals surface area contributed by atoms with Crippen molar-refractivity contribution in [2.75, 3.05) is 31.5 Å². The van der Waals surface area contributed by atoms with Crippen molar-refractivity contribution in [3.05, 3.63) is 73.4 Å². The van der Waals surface area contributed by atoms with Gasteiger partial charge in [0.25, 0.3) is 11.5 Å². The fourth-order valence-corrected chi connectivity index (χ4v) is 6.44. The normalized spacial score (nSPS) is 22.2. The number of pyridine rings is 1. The van der Waals surface area contributed by atoms with E-state index in [9.17, 15) is 18.8 Å². The van der Waals surface area contributed by atoms with Crippen LogP contribution in [0.5, 0.6) is 0 Å². The van der Waals surface area contributed by atoms with E-state index in [1.807, 2.05) is 13.0 Å². The largest absolute Gasteiger partial charge is 0.374 e. The minimum atomic E-state index is -0.660. The summed E-state index contributed by atoms with van der Waals surface area (Å²) in [5.74, 6) is -1.12. The predicted molar refractivity (Wildman–Crippen MR) is 145 cm³/mol. The van der Waals surface area contributed by atoms with Gasteiger partial charge in [-0.1, -0.05) is 23.2 Å². The summed E-state index contributed by atoms with van der Waals surface area (Å²) in [4.78, 5) is 45.0. The maximum atomic E-state index is 14.9. The summed E-state index contributed by atoms with van der Waals surface area (Å²) in [6, 6.07) is 7.89. The van der Waals surface area contributed by atoms with E-state index in [0.717, 1.165) is 23.6 Å². The van der Waals surface area contributed by atoms with Gasteiger partial charge in [0.2, 0.25) is 5.91 Å². The molecule has 198 valence electrons. The second-order valence-electron chi connectivity index (χ2n) is 10.1. The highest BCUT2D eigenvalue weighted by Crippen LogP contribution is 2.37. The summed E-state index contributed by atoms with van der Waals surface area (Å²) in [6.07, 6.45) is 1.52. The molecular weight excluding hydrogens is 532 g/mol. The Kier molecular flexibility index (Phi) is 6.32. The first-order chi connectivity index (χ1) is 18.2. The van der Waals surface area contributed by atoms with Crippen LogP contribution in [-0.4, -0.2) is 64.9 Å². The number of fused-ring (bicyclic) bond motifs is 3. The van der Waals surface area contributed by atoms with Gasteiger partial charge in [-0.05, 0) is 66.6 Å². The number of carbonyl (C=O) groups is 2. The molecule has 1 aliphatic carbocycles. The second-order valence-corrected chi connectivity index (χ2v) is 11.0. The van der Waals surface area contributed by atoms with E-state index in [2.05, 4.69) is 15.6 Å². The number of piperazine rings is 1. The number of aromatic nitrogens is 1. The lowest BCUT2D eigenvalue weighted by Crippen LogP contribution is -2.47. The van der Waals surface area contributed by atoms with Crippen LogP contribution in [0.4, 0.5) is 10.1 Å². The van der Waals surface area contributed by atoms with E-state index < -0.39 is 11.4 Å². The van der Waals surface area contributed by atoms with E-state index >= 15 is 0 Å². The van der Waals surface area contributed by atoms with Gasteiger partial charge in [0.1, 0.15) is 11.5 Å². The van der Waals surface area contributed by atoms with Crippen molar-refractivity contribution in [1.29, 1.82) is 0 Å². The van der Waals surface area contributed by atoms with Crippen molar-refractivity contribution in [2.24, 2.45) is 0 Å². The maximum absolute atomic E-state index is 14.9. The zero-order valence-electron chi connectivity index (χ0n) is 20.6. The standard InChI is InChI=1S/C27H26Cl2FN5O3/c1-13-25-14(6-16(28)9-18(25)29)2-4-34(13)24(36)12-32-20-7-15-8-22(33-26(37)17(15)10-19(20)30)27(38)35-5-3-31-21-11-23(21)35/h6-10,13,21,23,31-32H,2-5,11-12H2,1H3,(H,33,37). The van der Waals surface area contributed by atoms with Crippen LogP contribution in [-0.2, 0) is 11.2 Å². The van der Waals surface area contributed by atoms with Crippen LogP contribution in [0, 0.1) is 5.82 Å². The van der Waals surface area contributed by atoms with Gasteiger partial charge in [-0.25, -0.2) is 4.39 Å². The molecule has 0 spiro atoms. The first-order valence-electron chi connectivity index (χ1n) is 12.6. The van der Waals surface area contributed by atoms with E-state index in [4.69, 9.17) is 23.2 Å². The Morgan fingerprint density at radius 1 is 1.13 bits per heavy atom. The molecule has 2 fully saturated rings. The molecule has 3 heterocycles. The number of benzene rings is 2. The number of nitrogens with one attached hydrogen (secondary N) is 3. The lowest BCUT2D eigenvalue weighted by atomic mass is 9.93. The maximum Gasteiger partial charge on any atom is 0.270 e. The molecule has 3 N–H and O–H groups in total. The summed E-state index contributed by atoms with van der Waals surface area (Å²) in [5, 5.41) is 7.85. The minimum absolute atomic E-state index is 0.0779. The first kappa shape index (κ1) is 25.2. The number of hydrogen-bond donors (Lipinski definition) is 3. The number of aromatic amines is 1. The number of carbonyl (C=O) groups excluding carboxylic acids is 2. The molecule has 0 radical (unpaired) electrons. The number of halogens is 3. The van der Waals surface area contributed by atoms with E-state index in [0.29, 0.717) is 47.5 Å². The zero-order valence-corrected chi connectivity index (χ0v) is 22.1. The topological polar surface area (TPSA) is 97.5 Å². The van der Waals surface area contributed by atoms with Gasteiger partial charge in [-0.15, -0.1) is 0 Å². The third-order valence-electron chi connectivity index (χ3n) is 7.78. The summed E-state index contributed by atoms with van der Waals surface area (Å²) in [5.41, 5.74) is 1.59. The highest BCUT2D eigenvalue weighted by molar-refractivity contribution is 6.35. The fourth-order valence-electron chi connectivity index (χ4n) is 5.74. The molecule has 0 bridgehead atoms. The highest BCUT2D eigenvalue weighted by Gasteiger charge is 2.46. The second kappa shape index (κ2) is 9.55. The Bertz CT molecular complexity index is 1540. The van der Waals surface area contributed by atoms with Crippen molar-refractivity contribution < 1.29 is 14.0 Å². The molecule has 2 aromatic carbocycles. The average Bonchev–Trinajstić information content (AvgIpc) is 3.67. The molecule has 3 unspecified atom stereocenters. The lowest BCUT2D eigenvalue weighted by molar-refractivity contribution is -0.131. The molecule has 1 saturated carbocycles. The van der Waals surface area contributed by atoms with Crippen LogP contribution in [0.3, 0.4) is 0 Å². The third-order valence-corrected chi connectivity index (χ3v) is 8.31. The van der Waals surface area contributed by atoms with Crippen LogP contribution < -0.4 is 16.2 Å². The van der Waals surface area contributed by atoms with Gasteiger partial charge in [0.15, 0.2) is 0 Å². The number of nitrogens with zero attached hydrogens (tertiary/aromatic N) is 2. The Labute approximate surface area is 228 Å². The predicted octanol–water partition coefficient (Wildman–Crippen LogP) is 3.72. The van der Waals surface area contributed by atoms with Crippen LogP contribution >= 0.6 is 23.2 Å². The Hall–Kier alpha value is -3.14. The lowest BCUT2D eigenvalue weighted by Gasteiger charge is -2.36. The smallest absolute Gasteiger partial charge is 0.270 e. The quantitative estimate of drug-likeness (QED) is 0.454. The van der Waals surface area contributed by atoms with Crippen LogP contribution in [0.2, 0.25) is 10.0 Å². The van der Waals surface area contributed by atoms with Crippen molar-refractivity contribution in [3.63, 3.8) is 0 Å². The molecule has 11 heteroatoms. The van der Waals surface area contributed by atoms with Crippen molar-refractivity contribution in [3.8, 4) is 0 Å². The third kappa shape index (κ3) is 4.42. The molecule has 3 aromatic rings. The SMILES string of the molecule is CC1c2c(Cl)cc(Cl)cc2CCN1C(=O)CNc1cc2cc(C(=O)N3CCNC4CC43)[nH]c(=O)c2cc1F. The Balaban J connectivity index is 1.21. The zero-order chi connectivity index (χ0) is 26.7. The molecule has 1 aromatic heterocycles. The van der Waals surface area contributed by atoms with Gasteiger partial charge < -0.3 is 25.4 Å². The van der Waals surface area contributed by atoms with Gasteiger partial charge in [0.05, 0.1) is 23.7 Å². The van der Waals surface area contributed by atoms with Crippen molar-refractivity contribution in [1.82, 2.24) is 20.1 Å². The summed E-state index contributed by atoms with van der Waals surface area (Å²) in [6.45, 7) is 3.51.